The Kier molecular flexibility index (Phi) is 4.72. The van der Waals surface area contributed by atoms with E-state index < -0.39 is 0 Å². The fraction of sp³-hybridized carbons (Fsp3) is 0.368. The minimum Gasteiger partial charge on any atom is -0.496 e. The Balaban J connectivity index is 1.60. The Hall–Kier alpha value is -3.00. The minimum absolute atomic E-state index is 0.0215. The molecule has 3 aromatic rings. The highest BCUT2D eigenvalue weighted by atomic mass is 16.5. The quantitative estimate of drug-likeness (QED) is 0.733. The summed E-state index contributed by atoms with van der Waals surface area (Å²) in [5, 5.41) is 4.71. The van der Waals surface area contributed by atoms with Crippen molar-refractivity contribution in [2.75, 3.05) is 26.7 Å². The second-order valence-electron chi connectivity index (χ2n) is 6.56. The highest BCUT2D eigenvalue weighted by molar-refractivity contribution is 5.97. The maximum atomic E-state index is 13.0. The molecule has 27 heavy (non-hydrogen) atoms. The molecule has 1 saturated heterocycles. The average Bonchev–Trinajstić information content (AvgIpc) is 3.33. The van der Waals surface area contributed by atoms with Crippen LogP contribution in [0.2, 0.25) is 0 Å². The number of amides is 1. The lowest BCUT2D eigenvalue weighted by atomic mass is 10.0. The first-order valence-electron chi connectivity index (χ1n) is 9.02. The lowest BCUT2D eigenvalue weighted by Crippen LogP contribution is -2.28. The van der Waals surface area contributed by atoms with Crippen molar-refractivity contribution >= 4 is 17.1 Å². The van der Waals surface area contributed by atoms with E-state index in [2.05, 4.69) is 9.97 Å². The van der Waals surface area contributed by atoms with Crippen LogP contribution in [0, 0.1) is 0 Å². The molecule has 1 aliphatic heterocycles. The third kappa shape index (κ3) is 3.12. The SMILES string of the molecule is COc1ccccc1C(=O)N1CCC(c2nn(CCN)c3nccnc23)C1. The van der Waals surface area contributed by atoms with Gasteiger partial charge >= 0.3 is 0 Å². The highest BCUT2D eigenvalue weighted by Gasteiger charge is 2.32. The predicted octanol–water partition coefficient (Wildman–Crippen LogP) is 1.42. The molecule has 4 rings (SSSR count). The van der Waals surface area contributed by atoms with Crippen LogP contribution in [-0.4, -0.2) is 57.3 Å². The number of hydrogen-bond acceptors (Lipinski definition) is 6. The van der Waals surface area contributed by atoms with Crippen molar-refractivity contribution in [3.8, 4) is 5.75 Å². The third-order valence-electron chi connectivity index (χ3n) is 4.93. The number of hydrogen-bond donors (Lipinski definition) is 1. The summed E-state index contributed by atoms with van der Waals surface area (Å²) in [7, 11) is 1.58. The molecule has 0 bridgehead atoms. The smallest absolute Gasteiger partial charge is 0.257 e. The van der Waals surface area contributed by atoms with E-state index in [1.807, 2.05) is 21.7 Å². The Morgan fingerprint density at radius 3 is 2.93 bits per heavy atom. The van der Waals surface area contributed by atoms with Crippen LogP contribution >= 0.6 is 0 Å². The van der Waals surface area contributed by atoms with Gasteiger partial charge < -0.3 is 15.4 Å². The largest absolute Gasteiger partial charge is 0.496 e. The molecule has 2 aromatic heterocycles. The molecule has 1 atom stereocenters. The number of fused-ring (bicyclic) bond motifs is 1. The van der Waals surface area contributed by atoms with Crippen molar-refractivity contribution in [1.29, 1.82) is 0 Å². The molecule has 0 spiro atoms. The molecule has 1 aromatic carbocycles. The van der Waals surface area contributed by atoms with Crippen LogP contribution in [-0.2, 0) is 6.54 Å². The number of aromatic nitrogens is 4. The van der Waals surface area contributed by atoms with Crippen LogP contribution in [0.5, 0.6) is 5.75 Å². The first-order chi connectivity index (χ1) is 13.2. The lowest BCUT2D eigenvalue weighted by molar-refractivity contribution is 0.0787. The third-order valence-corrected chi connectivity index (χ3v) is 4.93. The molecule has 0 aliphatic carbocycles. The van der Waals surface area contributed by atoms with Crippen LogP contribution in [0.4, 0.5) is 0 Å². The maximum Gasteiger partial charge on any atom is 0.257 e. The first kappa shape index (κ1) is 17.4. The summed E-state index contributed by atoms with van der Waals surface area (Å²) < 4.78 is 7.14. The zero-order valence-corrected chi connectivity index (χ0v) is 15.2. The molecule has 140 valence electrons. The first-order valence-corrected chi connectivity index (χ1v) is 9.02. The normalized spacial score (nSPS) is 16.8. The average molecular weight is 366 g/mol. The molecule has 8 nitrogen and oxygen atoms in total. The molecule has 1 fully saturated rings. The number of carbonyl (C=O) groups excluding carboxylic acids is 1. The van der Waals surface area contributed by atoms with Crippen LogP contribution in [0.3, 0.4) is 0 Å². The van der Waals surface area contributed by atoms with Gasteiger partial charge in [0.15, 0.2) is 5.65 Å². The number of ether oxygens (including phenoxy) is 1. The second kappa shape index (κ2) is 7.32. The molecule has 2 N–H and O–H groups in total. The molecule has 1 unspecified atom stereocenters. The number of benzene rings is 1. The summed E-state index contributed by atoms with van der Waals surface area (Å²) in [5.41, 5.74) is 8.70. The molecule has 1 amide bonds. The van der Waals surface area contributed by atoms with E-state index in [1.54, 1.807) is 31.6 Å². The molecule has 1 aliphatic rings. The Morgan fingerprint density at radius 1 is 1.30 bits per heavy atom. The number of nitrogens with zero attached hydrogens (tertiary/aromatic N) is 5. The fourth-order valence-electron chi connectivity index (χ4n) is 3.64. The summed E-state index contributed by atoms with van der Waals surface area (Å²) in [4.78, 5) is 23.7. The van der Waals surface area contributed by atoms with E-state index in [-0.39, 0.29) is 11.8 Å². The topological polar surface area (TPSA) is 99.2 Å². The molecule has 8 heteroatoms. The van der Waals surface area contributed by atoms with Crippen molar-refractivity contribution in [2.24, 2.45) is 5.73 Å². The van der Waals surface area contributed by atoms with Gasteiger partial charge in [-0.3, -0.25) is 4.79 Å². The van der Waals surface area contributed by atoms with Crippen LogP contribution in [0.15, 0.2) is 36.7 Å². The van der Waals surface area contributed by atoms with Crippen molar-refractivity contribution in [3.05, 3.63) is 47.9 Å². The van der Waals surface area contributed by atoms with E-state index >= 15 is 0 Å². The van der Waals surface area contributed by atoms with Gasteiger partial charge in [0, 0.05) is 37.9 Å². The summed E-state index contributed by atoms with van der Waals surface area (Å²) in [6, 6.07) is 7.31. The molecular weight excluding hydrogens is 344 g/mol. The Labute approximate surface area is 157 Å². The van der Waals surface area contributed by atoms with E-state index in [0.29, 0.717) is 37.5 Å². The van der Waals surface area contributed by atoms with Gasteiger partial charge in [0.05, 0.1) is 24.9 Å². The molecule has 0 radical (unpaired) electrons. The van der Waals surface area contributed by atoms with Gasteiger partial charge in [-0.05, 0) is 18.6 Å². The standard InChI is InChI=1S/C19H22N6O2/c1-27-15-5-3-2-4-14(15)19(26)24-10-6-13(12-24)16-17-18(22-9-8-21-17)25(23-16)11-7-20/h2-5,8-9,13H,6-7,10-12,20H2,1H3. The number of carbonyl (C=O) groups is 1. The summed E-state index contributed by atoms with van der Waals surface area (Å²) in [6.07, 6.45) is 4.17. The van der Waals surface area contributed by atoms with E-state index in [9.17, 15) is 4.79 Å². The van der Waals surface area contributed by atoms with Gasteiger partial charge in [-0.15, -0.1) is 0 Å². The van der Waals surface area contributed by atoms with Gasteiger partial charge in [-0.25, -0.2) is 14.6 Å². The Bertz CT molecular complexity index is 970. The molecule has 3 heterocycles. The summed E-state index contributed by atoms with van der Waals surface area (Å²) in [6.45, 7) is 2.34. The lowest BCUT2D eigenvalue weighted by Gasteiger charge is -2.17. The second-order valence-corrected chi connectivity index (χ2v) is 6.56. The summed E-state index contributed by atoms with van der Waals surface area (Å²) in [5.74, 6) is 0.697. The number of para-hydroxylation sites is 1. The Morgan fingerprint density at radius 2 is 2.11 bits per heavy atom. The van der Waals surface area contributed by atoms with Crippen LogP contribution in [0.25, 0.3) is 11.2 Å². The predicted molar refractivity (Wildman–Crippen MR) is 101 cm³/mol. The van der Waals surface area contributed by atoms with Crippen molar-refractivity contribution < 1.29 is 9.53 Å². The minimum atomic E-state index is -0.0215. The maximum absolute atomic E-state index is 13.0. The summed E-state index contributed by atoms with van der Waals surface area (Å²) >= 11 is 0. The van der Waals surface area contributed by atoms with Gasteiger partial charge in [0.25, 0.3) is 5.91 Å². The number of likely N-dealkylation sites (tertiary alicyclic amines) is 1. The number of methoxy groups -OCH3 is 1. The number of rotatable bonds is 5. The van der Waals surface area contributed by atoms with Crippen molar-refractivity contribution in [1.82, 2.24) is 24.6 Å². The van der Waals surface area contributed by atoms with Gasteiger partial charge in [0.2, 0.25) is 0 Å². The highest BCUT2D eigenvalue weighted by Crippen LogP contribution is 2.32. The van der Waals surface area contributed by atoms with Gasteiger partial charge in [-0.2, -0.15) is 5.10 Å². The fourth-order valence-corrected chi connectivity index (χ4v) is 3.64. The van der Waals surface area contributed by atoms with E-state index in [0.717, 1.165) is 23.3 Å². The zero-order valence-electron chi connectivity index (χ0n) is 15.2. The van der Waals surface area contributed by atoms with Crippen LogP contribution < -0.4 is 10.5 Å². The van der Waals surface area contributed by atoms with E-state index in [1.165, 1.54) is 0 Å². The monoisotopic (exact) mass is 366 g/mol. The van der Waals surface area contributed by atoms with E-state index in [4.69, 9.17) is 15.6 Å². The van der Waals surface area contributed by atoms with Crippen molar-refractivity contribution in [2.45, 2.75) is 18.9 Å². The van der Waals surface area contributed by atoms with Crippen LogP contribution in [0.1, 0.15) is 28.4 Å². The van der Waals surface area contributed by atoms with Gasteiger partial charge in [-0.1, -0.05) is 12.1 Å². The molecular formula is C19H22N6O2. The van der Waals surface area contributed by atoms with Gasteiger partial charge in [0.1, 0.15) is 11.3 Å². The van der Waals surface area contributed by atoms with Crippen molar-refractivity contribution in [3.63, 3.8) is 0 Å². The number of nitrogens with two attached hydrogens (primary N) is 1. The zero-order chi connectivity index (χ0) is 18.8. The molecule has 0 saturated carbocycles.